The highest BCUT2D eigenvalue weighted by atomic mass is 35.5. The molecular formula is C35H38ClF3N10O5. The van der Waals surface area contributed by atoms with E-state index in [2.05, 4.69) is 20.4 Å². The second kappa shape index (κ2) is 15.1. The monoisotopic (exact) mass is 770 g/mol. The van der Waals surface area contributed by atoms with E-state index in [1.165, 1.54) is 15.8 Å². The Morgan fingerprint density at radius 2 is 1.78 bits per heavy atom. The van der Waals surface area contributed by atoms with Gasteiger partial charge >= 0.3 is 6.18 Å². The lowest BCUT2D eigenvalue weighted by atomic mass is 10.1. The Balaban J connectivity index is 1.36. The Morgan fingerprint density at radius 3 is 2.39 bits per heavy atom. The Hall–Kier alpha value is -5.52. The van der Waals surface area contributed by atoms with Gasteiger partial charge in [-0.15, -0.1) is 5.10 Å². The minimum absolute atomic E-state index is 0.00934. The Kier molecular flexibility index (Phi) is 10.7. The predicted molar refractivity (Wildman–Crippen MR) is 192 cm³/mol. The minimum atomic E-state index is -4.63. The standard InChI is InChI=1S/C35H38ClF3N10O5/c1-5-25-28(45-12-14-47(15-13-45)32(53)27-29(51)20(4)40-18-41-27)33(54)49-34(43-30(44-49)21-8-10-46(11-9-21)31(52)19(2)3)48(25)17-26(50)42-24-7-6-22(16-23(24)36)35(37,38)39/h6-8,16,18-19,51H,5,9-15,17H2,1-4H3,(H,42,50). The molecule has 5 heterocycles. The second-order valence-electron chi connectivity index (χ2n) is 13.3. The van der Waals surface area contributed by atoms with Crippen molar-refractivity contribution in [3.05, 3.63) is 74.4 Å². The van der Waals surface area contributed by atoms with E-state index in [0.717, 1.165) is 22.7 Å². The molecule has 19 heteroatoms. The summed E-state index contributed by atoms with van der Waals surface area (Å²) in [6.07, 6.45) is -0.901. The van der Waals surface area contributed by atoms with Crippen molar-refractivity contribution in [2.75, 3.05) is 49.5 Å². The van der Waals surface area contributed by atoms with Gasteiger partial charge in [0.25, 0.3) is 11.5 Å². The lowest BCUT2D eigenvalue weighted by Crippen LogP contribution is -2.51. The van der Waals surface area contributed by atoms with Gasteiger partial charge in [0.15, 0.2) is 17.3 Å². The third-order valence-electron chi connectivity index (χ3n) is 9.43. The third kappa shape index (κ3) is 7.47. The van der Waals surface area contributed by atoms with Gasteiger partial charge in [-0.3, -0.25) is 19.2 Å². The maximum atomic E-state index is 14.3. The number of nitrogens with one attached hydrogen (secondary N) is 1. The molecule has 2 aliphatic rings. The minimum Gasteiger partial charge on any atom is -0.504 e. The largest absolute Gasteiger partial charge is 0.504 e. The molecular weight excluding hydrogens is 733 g/mol. The van der Waals surface area contributed by atoms with Crippen molar-refractivity contribution >= 4 is 52.0 Å². The van der Waals surface area contributed by atoms with Gasteiger partial charge in [0, 0.05) is 45.2 Å². The molecule has 54 heavy (non-hydrogen) atoms. The van der Waals surface area contributed by atoms with Crippen molar-refractivity contribution in [2.24, 2.45) is 5.92 Å². The first-order valence-corrected chi connectivity index (χ1v) is 17.7. The van der Waals surface area contributed by atoms with E-state index >= 15 is 0 Å². The molecule has 1 aromatic carbocycles. The molecule has 0 saturated carbocycles. The highest BCUT2D eigenvalue weighted by Crippen LogP contribution is 2.34. The van der Waals surface area contributed by atoms with E-state index in [1.54, 1.807) is 23.6 Å². The summed E-state index contributed by atoms with van der Waals surface area (Å²) in [4.78, 5) is 71.4. The van der Waals surface area contributed by atoms with Crippen molar-refractivity contribution in [1.82, 2.24) is 38.9 Å². The van der Waals surface area contributed by atoms with Crippen molar-refractivity contribution in [1.29, 1.82) is 0 Å². The van der Waals surface area contributed by atoms with Gasteiger partial charge in [-0.2, -0.15) is 22.7 Å². The van der Waals surface area contributed by atoms with Gasteiger partial charge < -0.3 is 29.7 Å². The lowest BCUT2D eigenvalue weighted by Gasteiger charge is -2.36. The van der Waals surface area contributed by atoms with Gasteiger partial charge in [-0.25, -0.2) is 9.97 Å². The molecule has 0 bridgehead atoms. The first-order valence-electron chi connectivity index (χ1n) is 17.3. The molecule has 15 nitrogen and oxygen atoms in total. The summed E-state index contributed by atoms with van der Waals surface area (Å²) in [6.45, 7) is 8.15. The Labute approximate surface area is 312 Å². The van der Waals surface area contributed by atoms with Crippen LogP contribution in [-0.4, -0.2) is 101 Å². The number of hydrogen-bond donors (Lipinski definition) is 2. The molecule has 2 aliphatic heterocycles. The number of fused-ring (bicyclic) bond motifs is 1. The first-order chi connectivity index (χ1) is 25.6. The van der Waals surface area contributed by atoms with E-state index in [9.17, 15) is 37.5 Å². The molecule has 0 spiro atoms. The van der Waals surface area contributed by atoms with Gasteiger partial charge in [-0.1, -0.05) is 38.4 Å². The summed E-state index contributed by atoms with van der Waals surface area (Å²) in [7, 11) is 0. The fourth-order valence-electron chi connectivity index (χ4n) is 6.54. The number of piperazine rings is 1. The fraction of sp³-hybridized carbons (Fsp3) is 0.429. The first kappa shape index (κ1) is 38.2. The van der Waals surface area contributed by atoms with Crippen molar-refractivity contribution in [3.8, 4) is 5.75 Å². The number of alkyl halides is 3. The highest BCUT2D eigenvalue weighted by Gasteiger charge is 2.33. The van der Waals surface area contributed by atoms with Crippen LogP contribution in [0.15, 0.2) is 35.4 Å². The summed E-state index contributed by atoms with van der Waals surface area (Å²) >= 11 is 6.13. The number of aromatic nitrogens is 6. The smallest absolute Gasteiger partial charge is 0.416 e. The van der Waals surface area contributed by atoms with E-state index < -0.39 is 35.7 Å². The number of rotatable bonds is 8. The van der Waals surface area contributed by atoms with Crippen LogP contribution in [0.3, 0.4) is 0 Å². The highest BCUT2D eigenvalue weighted by molar-refractivity contribution is 6.33. The molecule has 0 atom stereocenters. The lowest BCUT2D eigenvalue weighted by molar-refractivity contribution is -0.137. The number of carbonyl (C=O) groups is 3. The summed E-state index contributed by atoms with van der Waals surface area (Å²) in [6, 6.07) is 2.60. The molecule has 0 unspecified atom stereocenters. The number of carbonyl (C=O) groups excluding carboxylic acids is 3. The molecule has 3 aromatic heterocycles. The zero-order chi connectivity index (χ0) is 39.1. The van der Waals surface area contributed by atoms with Crippen molar-refractivity contribution < 1.29 is 32.7 Å². The average molecular weight is 771 g/mol. The number of benzene rings is 1. The van der Waals surface area contributed by atoms with Crippen LogP contribution in [0, 0.1) is 12.8 Å². The zero-order valence-electron chi connectivity index (χ0n) is 29.9. The van der Waals surface area contributed by atoms with Gasteiger partial charge in [0.05, 0.1) is 27.7 Å². The van der Waals surface area contributed by atoms with Crippen molar-refractivity contribution in [2.45, 2.75) is 53.3 Å². The number of aromatic hydroxyl groups is 1. The predicted octanol–water partition coefficient (Wildman–Crippen LogP) is 3.80. The van der Waals surface area contributed by atoms with Gasteiger partial charge in [0.1, 0.15) is 18.6 Å². The number of halogens is 4. The van der Waals surface area contributed by atoms with E-state index in [-0.39, 0.29) is 89.6 Å². The summed E-state index contributed by atoms with van der Waals surface area (Å²) in [5.41, 5.74) is 0.0175. The van der Waals surface area contributed by atoms with E-state index in [0.29, 0.717) is 30.8 Å². The van der Waals surface area contributed by atoms with Gasteiger partial charge in [0.2, 0.25) is 17.6 Å². The maximum Gasteiger partial charge on any atom is 0.416 e. The SMILES string of the molecule is CCc1c(N2CCN(C(=O)c3ncnc(C)c3O)CC2)c(=O)n2nc(C3=CCN(C(=O)C(C)C)CC3)nc2n1CC(=O)Nc1ccc(C(F)(F)F)cc1Cl. The van der Waals surface area contributed by atoms with Crippen LogP contribution in [0.2, 0.25) is 5.02 Å². The molecule has 1 saturated heterocycles. The quantitative estimate of drug-likeness (QED) is 0.269. The molecule has 0 aliphatic carbocycles. The van der Waals surface area contributed by atoms with E-state index in [4.69, 9.17) is 16.6 Å². The van der Waals surface area contributed by atoms with Gasteiger partial charge in [-0.05, 0) is 43.5 Å². The fourth-order valence-corrected chi connectivity index (χ4v) is 6.76. The molecule has 286 valence electrons. The van der Waals surface area contributed by atoms with Crippen LogP contribution in [0.25, 0.3) is 11.4 Å². The average Bonchev–Trinajstić information content (AvgIpc) is 3.60. The van der Waals surface area contributed by atoms with Crippen LogP contribution < -0.4 is 15.8 Å². The summed E-state index contributed by atoms with van der Waals surface area (Å²) in [5.74, 6) is -1.30. The number of amides is 3. The number of nitrogens with zero attached hydrogens (tertiary/aromatic N) is 9. The number of hydrogen-bond acceptors (Lipinski definition) is 10. The number of aryl methyl sites for hydroxylation is 1. The van der Waals surface area contributed by atoms with Crippen LogP contribution in [0.4, 0.5) is 24.5 Å². The molecule has 3 amide bonds. The second-order valence-corrected chi connectivity index (χ2v) is 13.7. The molecule has 0 radical (unpaired) electrons. The molecule has 6 rings (SSSR count). The van der Waals surface area contributed by atoms with Crippen molar-refractivity contribution in [3.63, 3.8) is 0 Å². The van der Waals surface area contributed by atoms with Crippen LogP contribution in [-0.2, 0) is 28.7 Å². The summed E-state index contributed by atoms with van der Waals surface area (Å²) in [5, 5.41) is 17.2. The molecule has 2 N–H and O–H groups in total. The van der Waals surface area contributed by atoms with E-state index in [1.807, 2.05) is 19.9 Å². The third-order valence-corrected chi connectivity index (χ3v) is 9.74. The maximum absolute atomic E-state index is 14.3. The summed E-state index contributed by atoms with van der Waals surface area (Å²) < 4.78 is 42.4. The topological polar surface area (TPSA) is 171 Å². The molecule has 4 aromatic rings. The van der Waals surface area contributed by atoms with Crippen LogP contribution in [0.5, 0.6) is 5.75 Å². The Bertz CT molecular complexity index is 2230. The molecule has 1 fully saturated rings. The number of anilines is 2. The van der Waals surface area contributed by atoms with Crippen LogP contribution >= 0.6 is 11.6 Å². The normalized spacial score (nSPS) is 15.2. The Morgan fingerprint density at radius 1 is 1.06 bits per heavy atom. The zero-order valence-corrected chi connectivity index (χ0v) is 30.7. The van der Waals surface area contributed by atoms with Crippen LogP contribution in [0.1, 0.15) is 60.5 Å².